The van der Waals surface area contributed by atoms with Crippen molar-refractivity contribution in [3.63, 3.8) is 0 Å². The zero-order valence-electron chi connectivity index (χ0n) is 9.91. The van der Waals surface area contributed by atoms with E-state index in [9.17, 15) is 4.79 Å². The Bertz CT molecular complexity index is 352. The van der Waals surface area contributed by atoms with E-state index in [0.717, 1.165) is 5.56 Å². The summed E-state index contributed by atoms with van der Waals surface area (Å²) in [5.74, 6) is 4.89. The molecule has 0 aliphatic carbocycles. The van der Waals surface area contributed by atoms with Crippen molar-refractivity contribution in [2.45, 2.75) is 32.8 Å². The fraction of sp³-hybridized carbons (Fsp3) is 0.417. The lowest BCUT2D eigenvalue weighted by atomic mass is 9.87. The molecule has 4 nitrogen and oxygen atoms in total. The lowest BCUT2D eigenvalue weighted by Crippen LogP contribution is -2.30. The molecule has 4 heteroatoms. The summed E-state index contributed by atoms with van der Waals surface area (Å²) in [7, 11) is 0. The molecule has 0 spiro atoms. The Kier molecular flexibility index (Phi) is 3.90. The largest absolute Gasteiger partial charge is 0.444 e. The molecule has 0 unspecified atom stereocenters. The first-order valence-corrected chi connectivity index (χ1v) is 5.16. The van der Waals surface area contributed by atoms with E-state index in [4.69, 9.17) is 10.6 Å². The molecule has 16 heavy (non-hydrogen) atoms. The number of rotatable bonds is 2. The van der Waals surface area contributed by atoms with Crippen LogP contribution in [0.15, 0.2) is 24.3 Å². The molecule has 1 aromatic rings. The number of ether oxygens (including phenoxy) is 1. The molecule has 0 aromatic heterocycles. The second-order valence-electron chi connectivity index (χ2n) is 4.67. The molecule has 0 heterocycles. The highest BCUT2D eigenvalue weighted by molar-refractivity contribution is 5.66. The van der Waals surface area contributed by atoms with Crippen molar-refractivity contribution >= 4 is 6.09 Å². The quantitative estimate of drug-likeness (QED) is 0.457. The molecule has 0 saturated heterocycles. The van der Waals surface area contributed by atoms with Crippen molar-refractivity contribution in [3.05, 3.63) is 35.4 Å². The van der Waals surface area contributed by atoms with E-state index in [2.05, 4.69) is 20.8 Å². The van der Waals surface area contributed by atoms with Crippen LogP contribution in [0.25, 0.3) is 0 Å². The van der Waals surface area contributed by atoms with Crippen LogP contribution in [0.3, 0.4) is 0 Å². The van der Waals surface area contributed by atoms with Gasteiger partial charge in [-0.2, -0.15) is 0 Å². The lowest BCUT2D eigenvalue weighted by Gasteiger charge is -2.19. The average molecular weight is 222 g/mol. The number of benzene rings is 1. The number of carbonyl (C=O) groups excluding carboxylic acids is 1. The summed E-state index contributed by atoms with van der Waals surface area (Å²) in [5, 5.41) is 0. The van der Waals surface area contributed by atoms with Crippen LogP contribution in [0, 0.1) is 0 Å². The lowest BCUT2D eigenvalue weighted by molar-refractivity contribution is 0.140. The summed E-state index contributed by atoms with van der Waals surface area (Å²) in [5.41, 5.74) is 4.23. The molecule has 0 radical (unpaired) electrons. The predicted molar refractivity (Wildman–Crippen MR) is 62.7 cm³/mol. The van der Waals surface area contributed by atoms with E-state index in [1.54, 1.807) is 0 Å². The third-order valence-electron chi connectivity index (χ3n) is 2.31. The Morgan fingerprint density at radius 1 is 1.31 bits per heavy atom. The zero-order valence-corrected chi connectivity index (χ0v) is 9.91. The standard InChI is InChI=1S/C12H18N2O2/c1-12(2,3)10-6-4-9(5-7-10)8-16-11(15)14-13/h4-7H,8,13H2,1-3H3,(H,14,15). The van der Waals surface area contributed by atoms with Gasteiger partial charge in [-0.05, 0) is 16.5 Å². The highest BCUT2D eigenvalue weighted by Crippen LogP contribution is 2.22. The summed E-state index contributed by atoms with van der Waals surface area (Å²) in [4.78, 5) is 10.8. The zero-order chi connectivity index (χ0) is 12.2. The number of nitrogens with two attached hydrogens (primary N) is 1. The SMILES string of the molecule is CC(C)(C)c1ccc(COC(=O)NN)cc1. The Hall–Kier alpha value is -1.55. The second kappa shape index (κ2) is 4.99. The molecule has 1 rings (SSSR count). The first-order chi connectivity index (χ1) is 7.43. The summed E-state index contributed by atoms with van der Waals surface area (Å²) < 4.78 is 4.83. The number of hydrazine groups is 1. The number of hydrogen-bond donors (Lipinski definition) is 2. The predicted octanol–water partition coefficient (Wildman–Crippen LogP) is 2.08. The summed E-state index contributed by atoms with van der Waals surface area (Å²) >= 11 is 0. The first kappa shape index (κ1) is 12.5. The number of nitrogens with one attached hydrogen (secondary N) is 1. The van der Waals surface area contributed by atoms with Crippen molar-refractivity contribution in [2.75, 3.05) is 0 Å². The molecule has 0 aliphatic rings. The monoisotopic (exact) mass is 222 g/mol. The molecule has 0 saturated carbocycles. The van der Waals surface area contributed by atoms with Gasteiger partial charge in [0, 0.05) is 0 Å². The smallest absolute Gasteiger partial charge is 0.421 e. The van der Waals surface area contributed by atoms with Gasteiger partial charge >= 0.3 is 6.09 Å². The van der Waals surface area contributed by atoms with Crippen LogP contribution in [-0.4, -0.2) is 6.09 Å². The van der Waals surface area contributed by atoms with Gasteiger partial charge in [-0.15, -0.1) is 0 Å². The highest BCUT2D eigenvalue weighted by Gasteiger charge is 2.12. The minimum absolute atomic E-state index is 0.133. The number of amides is 1. The fourth-order valence-corrected chi connectivity index (χ4v) is 1.29. The fourth-order valence-electron chi connectivity index (χ4n) is 1.29. The summed E-state index contributed by atoms with van der Waals surface area (Å²) in [6, 6.07) is 7.98. The maximum atomic E-state index is 10.8. The van der Waals surface area contributed by atoms with E-state index in [0.29, 0.717) is 0 Å². The molecular weight excluding hydrogens is 204 g/mol. The summed E-state index contributed by atoms with van der Waals surface area (Å²) in [6.45, 7) is 6.69. The summed E-state index contributed by atoms with van der Waals surface area (Å²) in [6.07, 6.45) is -0.625. The normalized spacial score (nSPS) is 11.0. The second-order valence-corrected chi connectivity index (χ2v) is 4.67. The Labute approximate surface area is 95.8 Å². The van der Waals surface area contributed by atoms with Crippen LogP contribution < -0.4 is 11.3 Å². The molecule has 0 atom stereocenters. The van der Waals surface area contributed by atoms with Gasteiger partial charge < -0.3 is 4.74 Å². The first-order valence-electron chi connectivity index (χ1n) is 5.16. The van der Waals surface area contributed by atoms with Crippen LogP contribution in [0.5, 0.6) is 0 Å². The number of hydrogen-bond acceptors (Lipinski definition) is 3. The minimum Gasteiger partial charge on any atom is -0.444 e. The molecule has 1 amide bonds. The Morgan fingerprint density at radius 2 is 1.88 bits per heavy atom. The van der Waals surface area contributed by atoms with Gasteiger partial charge in [0.15, 0.2) is 0 Å². The Morgan fingerprint density at radius 3 is 2.31 bits per heavy atom. The van der Waals surface area contributed by atoms with E-state index in [1.165, 1.54) is 5.56 Å². The molecule has 88 valence electrons. The van der Waals surface area contributed by atoms with E-state index in [1.807, 2.05) is 29.7 Å². The van der Waals surface area contributed by atoms with E-state index >= 15 is 0 Å². The van der Waals surface area contributed by atoms with Gasteiger partial charge in [-0.3, -0.25) is 5.43 Å². The topological polar surface area (TPSA) is 64.3 Å². The van der Waals surface area contributed by atoms with Gasteiger partial charge in [-0.25, -0.2) is 10.6 Å². The van der Waals surface area contributed by atoms with Crippen molar-refractivity contribution < 1.29 is 9.53 Å². The van der Waals surface area contributed by atoms with Crippen molar-refractivity contribution in [3.8, 4) is 0 Å². The molecule has 0 aliphatic heterocycles. The molecule has 0 bridgehead atoms. The van der Waals surface area contributed by atoms with Crippen LogP contribution in [0.2, 0.25) is 0 Å². The maximum Gasteiger partial charge on any atom is 0.421 e. The number of carbonyl (C=O) groups is 1. The van der Waals surface area contributed by atoms with Gasteiger partial charge in [-0.1, -0.05) is 45.0 Å². The van der Waals surface area contributed by atoms with E-state index in [-0.39, 0.29) is 12.0 Å². The third kappa shape index (κ3) is 3.55. The highest BCUT2D eigenvalue weighted by atomic mass is 16.5. The average Bonchev–Trinajstić information content (AvgIpc) is 2.25. The van der Waals surface area contributed by atoms with Gasteiger partial charge in [0.2, 0.25) is 0 Å². The molecular formula is C12H18N2O2. The van der Waals surface area contributed by atoms with Crippen LogP contribution in [0.1, 0.15) is 31.9 Å². The van der Waals surface area contributed by atoms with Gasteiger partial charge in [0.1, 0.15) is 6.61 Å². The molecule has 3 N–H and O–H groups in total. The van der Waals surface area contributed by atoms with Crippen molar-refractivity contribution in [1.29, 1.82) is 0 Å². The van der Waals surface area contributed by atoms with Gasteiger partial charge in [0.05, 0.1) is 0 Å². The van der Waals surface area contributed by atoms with Crippen molar-refractivity contribution in [1.82, 2.24) is 5.43 Å². The van der Waals surface area contributed by atoms with Crippen LogP contribution >= 0.6 is 0 Å². The van der Waals surface area contributed by atoms with E-state index < -0.39 is 6.09 Å². The maximum absolute atomic E-state index is 10.8. The van der Waals surface area contributed by atoms with Gasteiger partial charge in [0.25, 0.3) is 0 Å². The Balaban J connectivity index is 2.62. The third-order valence-corrected chi connectivity index (χ3v) is 2.31. The van der Waals surface area contributed by atoms with Crippen LogP contribution in [-0.2, 0) is 16.8 Å². The van der Waals surface area contributed by atoms with Crippen molar-refractivity contribution in [2.24, 2.45) is 5.84 Å². The van der Waals surface area contributed by atoms with Crippen LogP contribution in [0.4, 0.5) is 4.79 Å². The molecule has 0 fully saturated rings. The minimum atomic E-state index is -0.625. The molecule has 1 aromatic carbocycles.